The minimum Gasteiger partial charge on any atom is -0.409 e. The number of hydrogen-bond acceptors (Lipinski definition) is 5. The Morgan fingerprint density at radius 3 is 2.79 bits per heavy atom. The molecule has 0 atom stereocenters. The Balaban J connectivity index is 2.48. The van der Waals surface area contributed by atoms with Gasteiger partial charge >= 0.3 is 0 Å². The van der Waals surface area contributed by atoms with Crippen molar-refractivity contribution >= 4 is 17.6 Å². The van der Waals surface area contributed by atoms with E-state index >= 15 is 0 Å². The Labute approximate surface area is 115 Å². The van der Waals surface area contributed by atoms with Gasteiger partial charge in [-0.15, -0.1) is 0 Å². The minimum atomic E-state index is 0.0661. The molecule has 7 heteroatoms. The first kappa shape index (κ1) is 13.4. The number of nitrogens with zero attached hydrogens (tertiary/aromatic N) is 4. The first-order valence-corrected chi connectivity index (χ1v) is 6.45. The van der Waals surface area contributed by atoms with E-state index in [1.165, 1.54) is 11.8 Å². The predicted molar refractivity (Wildman–Crippen MR) is 73.6 cm³/mol. The number of nitrogens with two attached hydrogens (primary N) is 1. The van der Waals surface area contributed by atoms with Crippen molar-refractivity contribution < 1.29 is 5.21 Å². The lowest BCUT2D eigenvalue weighted by Gasteiger charge is -2.10. The van der Waals surface area contributed by atoms with Gasteiger partial charge in [0.15, 0.2) is 5.84 Å². The summed E-state index contributed by atoms with van der Waals surface area (Å²) < 4.78 is 1.73. The number of rotatable bonds is 3. The Hall–Kier alpha value is -2.02. The largest absolute Gasteiger partial charge is 0.409 e. The second-order valence-electron chi connectivity index (χ2n) is 4.16. The molecule has 0 unspecified atom stereocenters. The van der Waals surface area contributed by atoms with Gasteiger partial charge in [0, 0.05) is 29.5 Å². The fourth-order valence-electron chi connectivity index (χ4n) is 1.81. The molecule has 3 N–H and O–H groups in total. The number of aryl methyl sites for hydroxylation is 3. The van der Waals surface area contributed by atoms with Gasteiger partial charge in [0.2, 0.25) is 0 Å². The van der Waals surface area contributed by atoms with Crippen molar-refractivity contribution in [3.05, 3.63) is 35.4 Å². The van der Waals surface area contributed by atoms with Crippen LogP contribution in [0.2, 0.25) is 0 Å². The lowest BCUT2D eigenvalue weighted by Crippen LogP contribution is -2.17. The maximum absolute atomic E-state index is 8.89. The molecule has 19 heavy (non-hydrogen) atoms. The zero-order valence-electron chi connectivity index (χ0n) is 11.0. The van der Waals surface area contributed by atoms with Gasteiger partial charge in [0.1, 0.15) is 0 Å². The Kier molecular flexibility index (Phi) is 3.75. The van der Waals surface area contributed by atoms with E-state index in [0.717, 1.165) is 21.2 Å². The first-order chi connectivity index (χ1) is 9.01. The van der Waals surface area contributed by atoms with Crippen LogP contribution in [0.15, 0.2) is 33.4 Å². The van der Waals surface area contributed by atoms with Crippen LogP contribution in [0.4, 0.5) is 0 Å². The number of hydrogen-bond donors (Lipinski definition) is 2. The quantitative estimate of drug-likeness (QED) is 0.385. The third-order valence-corrected chi connectivity index (χ3v) is 3.55. The van der Waals surface area contributed by atoms with Gasteiger partial charge in [0.25, 0.3) is 0 Å². The molecule has 0 aromatic carbocycles. The molecule has 0 radical (unpaired) electrons. The van der Waals surface area contributed by atoms with Crippen LogP contribution in [0.1, 0.15) is 17.0 Å². The van der Waals surface area contributed by atoms with Crippen molar-refractivity contribution in [3.8, 4) is 0 Å². The highest BCUT2D eigenvalue weighted by atomic mass is 32.2. The Bertz CT molecular complexity index is 635. The number of oxime groups is 1. The van der Waals surface area contributed by atoms with Gasteiger partial charge in [-0.3, -0.25) is 9.67 Å². The van der Waals surface area contributed by atoms with Gasteiger partial charge in [-0.05, 0) is 19.9 Å². The van der Waals surface area contributed by atoms with Crippen molar-refractivity contribution in [2.24, 2.45) is 17.9 Å². The van der Waals surface area contributed by atoms with Crippen molar-refractivity contribution in [2.75, 3.05) is 0 Å². The van der Waals surface area contributed by atoms with Crippen LogP contribution in [-0.2, 0) is 7.05 Å². The van der Waals surface area contributed by atoms with E-state index in [1.807, 2.05) is 33.2 Å². The number of aromatic nitrogens is 3. The topological polar surface area (TPSA) is 89.3 Å². The lowest BCUT2D eigenvalue weighted by molar-refractivity contribution is 0.318. The smallest absolute Gasteiger partial charge is 0.173 e. The fourth-order valence-corrected chi connectivity index (χ4v) is 2.96. The minimum absolute atomic E-state index is 0.0661. The lowest BCUT2D eigenvalue weighted by atomic mass is 10.1. The summed E-state index contributed by atoms with van der Waals surface area (Å²) in [6, 6.07) is 1.91. The van der Waals surface area contributed by atoms with Crippen LogP contribution in [0, 0.1) is 13.8 Å². The summed E-state index contributed by atoms with van der Waals surface area (Å²) >= 11 is 1.51. The van der Waals surface area contributed by atoms with E-state index in [1.54, 1.807) is 10.9 Å². The highest BCUT2D eigenvalue weighted by Gasteiger charge is 2.14. The summed E-state index contributed by atoms with van der Waals surface area (Å²) in [5.41, 5.74) is 8.01. The fraction of sp³-hybridized carbons (Fsp3) is 0.250. The molecule has 0 saturated carbocycles. The molecule has 0 aliphatic heterocycles. The maximum Gasteiger partial charge on any atom is 0.173 e. The second-order valence-corrected chi connectivity index (χ2v) is 5.27. The summed E-state index contributed by atoms with van der Waals surface area (Å²) in [6.07, 6.45) is 3.68. The molecule has 0 aliphatic carbocycles. The summed E-state index contributed by atoms with van der Waals surface area (Å²) in [6.45, 7) is 3.75. The van der Waals surface area contributed by atoms with E-state index in [2.05, 4.69) is 15.2 Å². The van der Waals surface area contributed by atoms with E-state index in [4.69, 9.17) is 10.9 Å². The van der Waals surface area contributed by atoms with Gasteiger partial charge in [-0.2, -0.15) is 5.10 Å². The molecule has 2 aromatic rings. The number of amidine groups is 1. The van der Waals surface area contributed by atoms with Crippen LogP contribution in [0.5, 0.6) is 0 Å². The summed E-state index contributed by atoms with van der Waals surface area (Å²) in [5.74, 6) is 0.0661. The third kappa shape index (κ3) is 2.87. The molecule has 2 heterocycles. The average Bonchev–Trinajstić information content (AvgIpc) is 2.73. The van der Waals surface area contributed by atoms with Gasteiger partial charge in [0.05, 0.1) is 16.7 Å². The van der Waals surface area contributed by atoms with E-state index < -0.39 is 0 Å². The molecule has 0 fully saturated rings. The molecular weight excluding hydrogens is 262 g/mol. The maximum atomic E-state index is 8.89. The van der Waals surface area contributed by atoms with Gasteiger partial charge < -0.3 is 10.9 Å². The van der Waals surface area contributed by atoms with Crippen molar-refractivity contribution in [2.45, 2.75) is 23.6 Å². The van der Waals surface area contributed by atoms with Gasteiger partial charge in [-0.1, -0.05) is 16.9 Å². The molecule has 0 saturated heterocycles. The predicted octanol–water partition coefficient (Wildman–Crippen LogP) is 1.68. The Morgan fingerprint density at radius 1 is 1.47 bits per heavy atom. The number of pyridine rings is 1. The van der Waals surface area contributed by atoms with E-state index in [-0.39, 0.29) is 5.84 Å². The molecule has 0 bridgehead atoms. The van der Waals surface area contributed by atoms with Crippen LogP contribution in [-0.4, -0.2) is 25.8 Å². The van der Waals surface area contributed by atoms with Crippen LogP contribution >= 0.6 is 11.8 Å². The molecule has 0 spiro atoms. The molecular formula is C12H15N5OS. The van der Waals surface area contributed by atoms with Crippen molar-refractivity contribution in [1.29, 1.82) is 0 Å². The molecule has 2 rings (SSSR count). The molecule has 6 nitrogen and oxygen atoms in total. The normalized spacial score (nSPS) is 11.8. The molecule has 2 aromatic heterocycles. The van der Waals surface area contributed by atoms with Crippen molar-refractivity contribution in [3.63, 3.8) is 0 Å². The standard InChI is InChI=1S/C12H15N5OS/c1-7-4-10(19-9-5-14-17(3)6-9)11(8(2)15-7)12(13)16-18/h4-6,18H,1-3H3,(H2,13,16). The van der Waals surface area contributed by atoms with Crippen LogP contribution in [0.3, 0.4) is 0 Å². The summed E-state index contributed by atoms with van der Waals surface area (Å²) in [7, 11) is 1.86. The van der Waals surface area contributed by atoms with Gasteiger partial charge in [-0.25, -0.2) is 0 Å². The summed E-state index contributed by atoms with van der Waals surface area (Å²) in [4.78, 5) is 6.23. The molecule has 0 amide bonds. The zero-order chi connectivity index (χ0) is 14.0. The zero-order valence-corrected chi connectivity index (χ0v) is 11.8. The van der Waals surface area contributed by atoms with E-state index in [9.17, 15) is 0 Å². The van der Waals surface area contributed by atoms with Crippen LogP contribution < -0.4 is 5.73 Å². The van der Waals surface area contributed by atoms with E-state index in [0.29, 0.717) is 5.56 Å². The summed E-state index contributed by atoms with van der Waals surface area (Å²) in [5, 5.41) is 16.1. The SMILES string of the molecule is Cc1cc(Sc2cnn(C)c2)c(/C(N)=N/O)c(C)n1. The Morgan fingerprint density at radius 2 is 2.21 bits per heavy atom. The average molecular weight is 277 g/mol. The molecule has 100 valence electrons. The third-order valence-electron chi connectivity index (χ3n) is 2.57. The highest BCUT2D eigenvalue weighted by Crippen LogP contribution is 2.31. The first-order valence-electron chi connectivity index (χ1n) is 5.64. The molecule has 0 aliphatic rings. The highest BCUT2D eigenvalue weighted by molar-refractivity contribution is 7.99. The van der Waals surface area contributed by atoms with Crippen LogP contribution in [0.25, 0.3) is 0 Å². The van der Waals surface area contributed by atoms with Crippen molar-refractivity contribution in [1.82, 2.24) is 14.8 Å². The second kappa shape index (κ2) is 5.31. The monoisotopic (exact) mass is 277 g/mol.